The number of amides is 1. The molecule has 0 aliphatic carbocycles. The van der Waals surface area contributed by atoms with Crippen LogP contribution in [-0.2, 0) is 19.1 Å². The molecular formula is C11H20N2O5. The minimum absolute atomic E-state index is 0.304. The Morgan fingerprint density at radius 1 is 1.33 bits per heavy atom. The van der Waals surface area contributed by atoms with E-state index in [1.54, 1.807) is 13.8 Å². The van der Waals surface area contributed by atoms with Gasteiger partial charge in [0.2, 0.25) is 5.91 Å². The van der Waals surface area contributed by atoms with E-state index in [1.165, 1.54) is 13.8 Å². The fraction of sp³-hybridized carbons (Fsp3) is 0.727. The van der Waals surface area contributed by atoms with Crippen LogP contribution in [0.25, 0.3) is 0 Å². The molecule has 7 nitrogen and oxygen atoms in total. The van der Waals surface area contributed by atoms with E-state index in [0.717, 1.165) is 0 Å². The van der Waals surface area contributed by atoms with E-state index in [9.17, 15) is 14.4 Å². The second kappa shape index (κ2) is 6.34. The van der Waals surface area contributed by atoms with Crippen molar-refractivity contribution in [1.29, 1.82) is 0 Å². The van der Waals surface area contributed by atoms with E-state index in [1.807, 2.05) is 0 Å². The molecule has 0 unspecified atom stereocenters. The Morgan fingerprint density at radius 3 is 2.22 bits per heavy atom. The molecule has 0 radical (unpaired) electrons. The van der Waals surface area contributed by atoms with Crippen LogP contribution in [0.4, 0.5) is 0 Å². The van der Waals surface area contributed by atoms with Crippen molar-refractivity contribution in [2.75, 3.05) is 0 Å². The lowest BCUT2D eigenvalue weighted by molar-refractivity contribution is -0.156. The molecule has 0 rings (SSSR count). The molecule has 0 spiro atoms. The maximum atomic E-state index is 11.7. The lowest BCUT2D eigenvalue weighted by Gasteiger charge is -2.26. The van der Waals surface area contributed by atoms with E-state index in [0.29, 0.717) is 0 Å². The van der Waals surface area contributed by atoms with Gasteiger partial charge in [0.15, 0.2) is 0 Å². The van der Waals surface area contributed by atoms with E-state index in [-0.39, 0.29) is 6.10 Å². The molecule has 0 saturated carbocycles. The van der Waals surface area contributed by atoms with Gasteiger partial charge in [-0.1, -0.05) is 0 Å². The second-order valence-corrected chi connectivity index (χ2v) is 4.77. The van der Waals surface area contributed by atoms with Gasteiger partial charge in [-0.25, -0.2) is 4.79 Å². The Hall–Kier alpha value is -1.63. The van der Waals surface area contributed by atoms with Gasteiger partial charge in [-0.05, 0) is 27.7 Å². The van der Waals surface area contributed by atoms with Crippen molar-refractivity contribution in [3.63, 3.8) is 0 Å². The van der Waals surface area contributed by atoms with Crippen molar-refractivity contribution < 1.29 is 24.2 Å². The number of aliphatic carboxylic acids is 1. The van der Waals surface area contributed by atoms with Crippen LogP contribution in [0, 0.1) is 0 Å². The molecule has 0 aliphatic heterocycles. The molecule has 0 aromatic heterocycles. The summed E-state index contributed by atoms with van der Waals surface area (Å²) in [7, 11) is 0. The molecule has 0 aliphatic rings. The largest absolute Gasteiger partial charge is 0.481 e. The first-order valence-corrected chi connectivity index (χ1v) is 5.56. The number of esters is 1. The fourth-order valence-corrected chi connectivity index (χ4v) is 1.09. The topological polar surface area (TPSA) is 119 Å². The van der Waals surface area contributed by atoms with E-state index in [2.05, 4.69) is 5.32 Å². The summed E-state index contributed by atoms with van der Waals surface area (Å²) in [6.07, 6.45) is -0.803. The third-order valence-corrected chi connectivity index (χ3v) is 2.02. The predicted molar refractivity (Wildman–Crippen MR) is 63.7 cm³/mol. The normalized spacial score (nSPS) is 13.0. The van der Waals surface area contributed by atoms with Crippen molar-refractivity contribution in [2.45, 2.75) is 51.8 Å². The zero-order valence-electron chi connectivity index (χ0n) is 11.0. The van der Waals surface area contributed by atoms with Crippen LogP contribution >= 0.6 is 0 Å². The highest BCUT2D eigenvalue weighted by Gasteiger charge is 2.33. The number of rotatable bonds is 6. The summed E-state index contributed by atoms with van der Waals surface area (Å²) in [5.74, 6) is -2.49. The molecule has 104 valence electrons. The Bertz CT molecular complexity index is 338. The molecule has 0 aromatic rings. The van der Waals surface area contributed by atoms with Crippen LogP contribution in [0.5, 0.6) is 0 Å². The SMILES string of the molecule is CC(C)OC(=O)C(C)(C)NC(=O)[C@@H](N)CC(=O)O. The van der Waals surface area contributed by atoms with Gasteiger partial charge < -0.3 is 20.9 Å². The molecule has 7 heteroatoms. The summed E-state index contributed by atoms with van der Waals surface area (Å²) in [6, 6.07) is -1.20. The maximum absolute atomic E-state index is 11.7. The number of hydrogen-bond acceptors (Lipinski definition) is 5. The highest BCUT2D eigenvalue weighted by molar-refractivity contribution is 5.91. The van der Waals surface area contributed by atoms with Crippen LogP contribution in [0.15, 0.2) is 0 Å². The van der Waals surface area contributed by atoms with Crippen LogP contribution in [0.1, 0.15) is 34.1 Å². The fourth-order valence-electron chi connectivity index (χ4n) is 1.09. The van der Waals surface area contributed by atoms with Crippen LogP contribution in [0.3, 0.4) is 0 Å². The summed E-state index contributed by atoms with van der Waals surface area (Å²) in [4.78, 5) is 33.6. The Kier molecular flexibility index (Phi) is 5.77. The number of hydrogen-bond donors (Lipinski definition) is 3. The molecule has 1 atom stereocenters. The Balaban J connectivity index is 4.52. The van der Waals surface area contributed by atoms with Gasteiger partial charge in [0, 0.05) is 0 Å². The molecule has 0 saturated heterocycles. The Labute approximate surface area is 106 Å². The van der Waals surface area contributed by atoms with E-state index in [4.69, 9.17) is 15.6 Å². The quantitative estimate of drug-likeness (QED) is 0.561. The molecule has 0 bridgehead atoms. The van der Waals surface area contributed by atoms with Gasteiger partial charge in [0.05, 0.1) is 18.6 Å². The third-order valence-electron chi connectivity index (χ3n) is 2.02. The molecule has 0 heterocycles. The smallest absolute Gasteiger partial charge is 0.331 e. The number of carboxylic acids is 1. The number of ether oxygens (including phenoxy) is 1. The van der Waals surface area contributed by atoms with Crippen molar-refractivity contribution >= 4 is 17.8 Å². The number of nitrogens with one attached hydrogen (secondary N) is 1. The highest BCUT2D eigenvalue weighted by Crippen LogP contribution is 2.08. The second-order valence-electron chi connectivity index (χ2n) is 4.77. The number of carbonyl (C=O) groups is 3. The molecule has 4 N–H and O–H groups in total. The summed E-state index contributed by atoms with van der Waals surface area (Å²) < 4.78 is 4.97. The minimum Gasteiger partial charge on any atom is -0.481 e. The molecule has 18 heavy (non-hydrogen) atoms. The monoisotopic (exact) mass is 260 g/mol. The van der Waals surface area contributed by atoms with Crippen molar-refractivity contribution in [3.8, 4) is 0 Å². The molecular weight excluding hydrogens is 240 g/mol. The van der Waals surface area contributed by atoms with Crippen LogP contribution < -0.4 is 11.1 Å². The number of carboxylic acid groups (broad SMARTS) is 1. The van der Waals surface area contributed by atoms with Gasteiger partial charge >= 0.3 is 11.9 Å². The first kappa shape index (κ1) is 16.4. The van der Waals surface area contributed by atoms with Crippen molar-refractivity contribution in [1.82, 2.24) is 5.32 Å². The van der Waals surface area contributed by atoms with Gasteiger partial charge in [-0.2, -0.15) is 0 Å². The van der Waals surface area contributed by atoms with Gasteiger partial charge in [-0.3, -0.25) is 9.59 Å². The predicted octanol–water partition coefficient (Wildman–Crippen LogP) is -0.365. The van der Waals surface area contributed by atoms with Crippen molar-refractivity contribution in [3.05, 3.63) is 0 Å². The van der Waals surface area contributed by atoms with Crippen LogP contribution in [0.2, 0.25) is 0 Å². The van der Waals surface area contributed by atoms with E-state index >= 15 is 0 Å². The van der Waals surface area contributed by atoms with Crippen LogP contribution in [-0.4, -0.2) is 40.6 Å². The van der Waals surface area contributed by atoms with Crippen molar-refractivity contribution in [2.24, 2.45) is 5.73 Å². The zero-order valence-corrected chi connectivity index (χ0v) is 11.0. The van der Waals surface area contributed by atoms with Gasteiger partial charge in [0.1, 0.15) is 5.54 Å². The molecule has 0 aromatic carbocycles. The summed E-state index contributed by atoms with van der Waals surface area (Å²) >= 11 is 0. The average molecular weight is 260 g/mol. The lowest BCUT2D eigenvalue weighted by atomic mass is 10.0. The summed E-state index contributed by atoms with van der Waals surface area (Å²) in [5.41, 5.74) is 4.13. The van der Waals surface area contributed by atoms with E-state index < -0.39 is 35.8 Å². The van der Waals surface area contributed by atoms with Gasteiger partial charge in [0.25, 0.3) is 0 Å². The summed E-state index contributed by atoms with van der Waals surface area (Å²) in [6.45, 7) is 6.30. The van der Waals surface area contributed by atoms with Gasteiger partial charge in [-0.15, -0.1) is 0 Å². The lowest BCUT2D eigenvalue weighted by Crippen LogP contribution is -2.55. The maximum Gasteiger partial charge on any atom is 0.331 e. The highest BCUT2D eigenvalue weighted by atomic mass is 16.5. The first-order valence-electron chi connectivity index (χ1n) is 5.56. The zero-order chi connectivity index (χ0) is 14.5. The first-order chi connectivity index (χ1) is 8.06. The standard InChI is InChI=1S/C11H20N2O5/c1-6(2)18-10(17)11(3,4)13-9(16)7(12)5-8(14)15/h6-7H,5,12H2,1-4H3,(H,13,16)(H,14,15)/t7-/m0/s1. The number of carbonyl (C=O) groups excluding carboxylic acids is 2. The molecule has 0 fully saturated rings. The third kappa shape index (κ3) is 5.62. The number of nitrogens with two attached hydrogens (primary N) is 1. The molecule has 1 amide bonds. The average Bonchev–Trinajstić information content (AvgIpc) is 2.14. The Morgan fingerprint density at radius 2 is 1.83 bits per heavy atom. The summed E-state index contributed by atoms with van der Waals surface area (Å²) in [5, 5.41) is 10.9. The minimum atomic E-state index is -1.25.